The molecule has 0 radical (unpaired) electrons. The third-order valence-corrected chi connectivity index (χ3v) is 2.07. The fourth-order valence-electron chi connectivity index (χ4n) is 1.22. The van der Waals surface area contributed by atoms with Crippen LogP contribution in [0.15, 0.2) is 0 Å². The number of hydrogen-bond acceptors (Lipinski definition) is 2. The number of carboxylic acid groups (broad SMARTS) is 1. The van der Waals surface area contributed by atoms with Gasteiger partial charge in [-0.25, -0.2) is 0 Å². The van der Waals surface area contributed by atoms with Crippen LogP contribution in [0.2, 0.25) is 0 Å². The van der Waals surface area contributed by atoms with Crippen molar-refractivity contribution < 1.29 is 9.90 Å². The molecular formula is C9H20ClNO2. The molecule has 2 atom stereocenters. The molecule has 0 bridgehead atoms. The molecule has 0 rings (SSSR count). The van der Waals surface area contributed by atoms with Crippen LogP contribution in [-0.2, 0) is 4.79 Å². The van der Waals surface area contributed by atoms with Crippen molar-refractivity contribution in [1.82, 2.24) is 0 Å². The van der Waals surface area contributed by atoms with E-state index in [1.54, 1.807) is 0 Å². The number of hydrogen-bond donors (Lipinski definition) is 2. The minimum atomic E-state index is -0.890. The lowest BCUT2D eigenvalue weighted by atomic mass is 9.98. The summed E-state index contributed by atoms with van der Waals surface area (Å²) in [6, 6.07) is -0.677. The van der Waals surface area contributed by atoms with Crippen molar-refractivity contribution in [2.24, 2.45) is 11.7 Å². The SMILES string of the molecule is CCCC(C)CCC(N)C(=O)O.Cl. The van der Waals surface area contributed by atoms with Crippen LogP contribution < -0.4 is 5.73 Å². The predicted molar refractivity (Wildman–Crippen MR) is 56.2 cm³/mol. The summed E-state index contributed by atoms with van der Waals surface area (Å²) in [5, 5.41) is 8.50. The van der Waals surface area contributed by atoms with Gasteiger partial charge in [-0.2, -0.15) is 0 Å². The molecule has 0 aliphatic carbocycles. The molecule has 3 nitrogen and oxygen atoms in total. The van der Waals surface area contributed by atoms with E-state index in [9.17, 15) is 4.79 Å². The fourth-order valence-corrected chi connectivity index (χ4v) is 1.22. The van der Waals surface area contributed by atoms with Crippen molar-refractivity contribution in [3.8, 4) is 0 Å². The minimum absolute atomic E-state index is 0. The molecule has 80 valence electrons. The Labute approximate surface area is 86.1 Å². The Morgan fingerprint density at radius 3 is 2.31 bits per heavy atom. The number of halogens is 1. The maximum Gasteiger partial charge on any atom is 0.320 e. The molecule has 0 heterocycles. The Hall–Kier alpha value is -0.280. The van der Waals surface area contributed by atoms with Crippen LogP contribution in [0.4, 0.5) is 0 Å². The van der Waals surface area contributed by atoms with E-state index >= 15 is 0 Å². The zero-order chi connectivity index (χ0) is 9.56. The number of aliphatic carboxylic acids is 1. The highest BCUT2D eigenvalue weighted by atomic mass is 35.5. The molecule has 0 aliphatic rings. The van der Waals surface area contributed by atoms with Gasteiger partial charge in [-0.1, -0.05) is 26.7 Å². The molecule has 0 aliphatic heterocycles. The number of nitrogens with two attached hydrogens (primary N) is 1. The first kappa shape index (κ1) is 15.2. The van der Waals surface area contributed by atoms with Crippen LogP contribution in [0.25, 0.3) is 0 Å². The maximum absolute atomic E-state index is 10.3. The Kier molecular flexibility index (Phi) is 9.74. The normalized spacial score (nSPS) is 14.4. The van der Waals surface area contributed by atoms with E-state index in [4.69, 9.17) is 10.8 Å². The third-order valence-electron chi connectivity index (χ3n) is 2.07. The molecule has 0 fully saturated rings. The summed E-state index contributed by atoms with van der Waals surface area (Å²) in [5.74, 6) is -0.293. The predicted octanol–water partition coefficient (Wildman–Crippen LogP) is 2.04. The summed E-state index contributed by atoms with van der Waals surface area (Å²) in [7, 11) is 0. The number of carboxylic acids is 1. The van der Waals surface area contributed by atoms with Crippen LogP contribution in [0.1, 0.15) is 39.5 Å². The van der Waals surface area contributed by atoms with E-state index in [1.165, 1.54) is 0 Å². The van der Waals surface area contributed by atoms with Gasteiger partial charge >= 0.3 is 5.97 Å². The second-order valence-corrected chi connectivity index (χ2v) is 3.42. The van der Waals surface area contributed by atoms with Crippen molar-refractivity contribution in [3.63, 3.8) is 0 Å². The van der Waals surface area contributed by atoms with Gasteiger partial charge in [0.2, 0.25) is 0 Å². The van der Waals surface area contributed by atoms with Gasteiger partial charge in [-0.3, -0.25) is 4.79 Å². The van der Waals surface area contributed by atoms with Crippen molar-refractivity contribution in [3.05, 3.63) is 0 Å². The molecule has 4 heteroatoms. The van der Waals surface area contributed by atoms with Crippen LogP contribution in [0.5, 0.6) is 0 Å². The van der Waals surface area contributed by atoms with E-state index < -0.39 is 12.0 Å². The zero-order valence-electron chi connectivity index (χ0n) is 8.32. The molecule has 0 spiro atoms. The monoisotopic (exact) mass is 209 g/mol. The molecular weight excluding hydrogens is 190 g/mol. The first-order valence-corrected chi connectivity index (χ1v) is 4.56. The van der Waals surface area contributed by atoms with Crippen LogP contribution in [0.3, 0.4) is 0 Å². The lowest BCUT2D eigenvalue weighted by molar-refractivity contribution is -0.138. The molecule has 2 unspecified atom stereocenters. The van der Waals surface area contributed by atoms with Gasteiger partial charge in [0, 0.05) is 0 Å². The molecule has 13 heavy (non-hydrogen) atoms. The highest BCUT2D eigenvalue weighted by Gasteiger charge is 2.12. The second-order valence-electron chi connectivity index (χ2n) is 3.42. The van der Waals surface area contributed by atoms with Gasteiger partial charge in [-0.05, 0) is 18.8 Å². The molecule has 3 N–H and O–H groups in total. The van der Waals surface area contributed by atoms with E-state index in [2.05, 4.69) is 13.8 Å². The summed E-state index contributed by atoms with van der Waals surface area (Å²) >= 11 is 0. The Morgan fingerprint density at radius 1 is 1.38 bits per heavy atom. The topological polar surface area (TPSA) is 63.3 Å². The van der Waals surface area contributed by atoms with Gasteiger partial charge in [-0.15, -0.1) is 12.4 Å². The first-order valence-electron chi connectivity index (χ1n) is 4.56. The third kappa shape index (κ3) is 8.06. The smallest absolute Gasteiger partial charge is 0.320 e. The van der Waals surface area contributed by atoms with E-state index in [0.717, 1.165) is 19.3 Å². The summed E-state index contributed by atoms with van der Waals surface area (Å²) in [5.41, 5.74) is 5.36. The Bertz CT molecular complexity index is 142. The Balaban J connectivity index is 0. The van der Waals surface area contributed by atoms with Crippen molar-refractivity contribution in [2.75, 3.05) is 0 Å². The lowest BCUT2D eigenvalue weighted by Crippen LogP contribution is -2.30. The van der Waals surface area contributed by atoms with E-state index in [1.807, 2.05) is 0 Å². The summed E-state index contributed by atoms with van der Waals surface area (Å²) in [4.78, 5) is 10.3. The average molecular weight is 210 g/mol. The fraction of sp³-hybridized carbons (Fsp3) is 0.889. The van der Waals surface area contributed by atoms with Crippen LogP contribution in [-0.4, -0.2) is 17.1 Å². The van der Waals surface area contributed by atoms with E-state index in [0.29, 0.717) is 12.3 Å². The molecule has 0 saturated carbocycles. The summed E-state index contributed by atoms with van der Waals surface area (Å²) in [6.45, 7) is 4.27. The molecule has 0 aromatic rings. The Morgan fingerprint density at radius 2 is 1.92 bits per heavy atom. The van der Waals surface area contributed by atoms with Gasteiger partial charge in [0.05, 0.1) is 0 Å². The first-order chi connectivity index (χ1) is 5.57. The van der Waals surface area contributed by atoms with Gasteiger partial charge in [0.25, 0.3) is 0 Å². The zero-order valence-corrected chi connectivity index (χ0v) is 9.14. The lowest BCUT2D eigenvalue weighted by Gasteiger charge is -2.11. The van der Waals surface area contributed by atoms with Crippen molar-refractivity contribution >= 4 is 18.4 Å². The average Bonchev–Trinajstić information content (AvgIpc) is 2.00. The number of rotatable bonds is 6. The highest BCUT2D eigenvalue weighted by molar-refractivity contribution is 5.85. The van der Waals surface area contributed by atoms with Crippen molar-refractivity contribution in [2.45, 2.75) is 45.6 Å². The molecule has 0 aromatic heterocycles. The standard InChI is InChI=1S/C9H19NO2.ClH/c1-3-4-7(2)5-6-8(10)9(11)12;/h7-8H,3-6,10H2,1-2H3,(H,11,12);1H. The second kappa shape index (κ2) is 8.32. The molecule has 0 amide bonds. The minimum Gasteiger partial charge on any atom is -0.480 e. The van der Waals surface area contributed by atoms with Crippen molar-refractivity contribution in [1.29, 1.82) is 0 Å². The van der Waals surface area contributed by atoms with Gasteiger partial charge in [0.15, 0.2) is 0 Å². The summed E-state index contributed by atoms with van der Waals surface area (Å²) in [6.07, 6.45) is 3.83. The van der Waals surface area contributed by atoms with Crippen LogP contribution >= 0.6 is 12.4 Å². The number of carbonyl (C=O) groups is 1. The maximum atomic E-state index is 10.3. The van der Waals surface area contributed by atoms with Crippen LogP contribution in [0, 0.1) is 5.92 Å². The molecule has 0 aromatic carbocycles. The van der Waals surface area contributed by atoms with Gasteiger partial charge < -0.3 is 10.8 Å². The highest BCUT2D eigenvalue weighted by Crippen LogP contribution is 2.12. The largest absolute Gasteiger partial charge is 0.480 e. The van der Waals surface area contributed by atoms with Gasteiger partial charge in [0.1, 0.15) is 6.04 Å². The van der Waals surface area contributed by atoms with E-state index in [-0.39, 0.29) is 12.4 Å². The quantitative estimate of drug-likeness (QED) is 0.704. The molecule has 0 saturated heterocycles. The summed E-state index contributed by atoms with van der Waals surface area (Å²) < 4.78 is 0.